The molecule has 1 aliphatic rings. The monoisotopic (exact) mass is 269 g/mol. The molecule has 1 atom stereocenters. The minimum atomic E-state index is -0.862. The second-order valence-electron chi connectivity index (χ2n) is 5.40. The Bertz CT molecular complexity index is 565. The van der Waals surface area contributed by atoms with Crippen LogP contribution in [-0.2, 0) is 12.8 Å². The summed E-state index contributed by atoms with van der Waals surface area (Å²) in [5.41, 5.74) is 4.43. The summed E-state index contributed by atoms with van der Waals surface area (Å²) in [4.78, 5) is 0. The number of alkyl halides is 1. The molecule has 1 nitrogen and oxygen atoms in total. The maximum Gasteiger partial charge on any atom is 0.127 e. The first-order valence-electron chi connectivity index (χ1n) is 7.38. The molecule has 2 heteroatoms. The van der Waals surface area contributed by atoms with E-state index in [0.29, 0.717) is 6.42 Å². The fourth-order valence-electron chi connectivity index (χ4n) is 2.91. The van der Waals surface area contributed by atoms with Crippen molar-refractivity contribution in [3.63, 3.8) is 0 Å². The van der Waals surface area contributed by atoms with E-state index in [4.69, 9.17) is 0 Å². The second-order valence-corrected chi connectivity index (χ2v) is 5.40. The lowest BCUT2D eigenvalue weighted by Crippen LogP contribution is -2.00. The van der Waals surface area contributed by atoms with Gasteiger partial charge in [-0.05, 0) is 36.8 Å². The van der Waals surface area contributed by atoms with Gasteiger partial charge in [-0.15, -0.1) is 0 Å². The van der Waals surface area contributed by atoms with Crippen LogP contribution in [0.25, 0.3) is 0 Å². The topological polar surface area (TPSA) is 12.0 Å². The first kappa shape index (κ1) is 13.2. The molecule has 0 saturated heterocycles. The van der Waals surface area contributed by atoms with Crippen LogP contribution in [0.4, 0.5) is 10.1 Å². The first-order valence-corrected chi connectivity index (χ1v) is 7.38. The highest BCUT2D eigenvalue weighted by Crippen LogP contribution is 2.34. The van der Waals surface area contributed by atoms with Crippen molar-refractivity contribution < 1.29 is 4.39 Å². The third-order valence-corrected chi connectivity index (χ3v) is 3.98. The number of hydrogen-bond acceptors (Lipinski definition) is 1. The predicted molar refractivity (Wildman–Crippen MR) is 81.9 cm³/mol. The van der Waals surface area contributed by atoms with Crippen LogP contribution in [0.1, 0.15) is 35.7 Å². The fourth-order valence-corrected chi connectivity index (χ4v) is 2.91. The minimum Gasteiger partial charge on any atom is -0.384 e. The van der Waals surface area contributed by atoms with Gasteiger partial charge < -0.3 is 5.32 Å². The molecule has 1 aliphatic heterocycles. The highest BCUT2D eigenvalue weighted by Gasteiger charge is 2.19. The standard InChI is InChI=1S/C18H20FN/c19-17(11-4-8-14-6-2-1-3-7-14)16-10-5-9-15-12-13-20-18(15)16/h1-3,5-7,9-10,17,20H,4,8,11-13H2. The normalized spacial score (nSPS) is 14.7. The van der Waals surface area contributed by atoms with Crippen molar-refractivity contribution in [2.75, 3.05) is 11.9 Å². The average Bonchev–Trinajstić information content (AvgIpc) is 2.96. The molecule has 104 valence electrons. The first-order chi connectivity index (χ1) is 9.84. The van der Waals surface area contributed by atoms with Crippen molar-refractivity contribution in [1.82, 2.24) is 0 Å². The molecule has 0 radical (unpaired) electrons. The molecular formula is C18H20FN. The molecule has 0 spiro atoms. The summed E-state index contributed by atoms with van der Waals surface area (Å²) >= 11 is 0. The molecule has 2 aromatic carbocycles. The van der Waals surface area contributed by atoms with Crippen molar-refractivity contribution in [2.45, 2.75) is 31.9 Å². The fraction of sp³-hybridized carbons (Fsp3) is 0.333. The highest BCUT2D eigenvalue weighted by atomic mass is 19.1. The Kier molecular flexibility index (Phi) is 4.00. The SMILES string of the molecule is FC(CCCc1ccccc1)c1cccc2c1NCC2. The minimum absolute atomic E-state index is 0.590. The van der Waals surface area contributed by atoms with E-state index in [0.717, 1.165) is 37.1 Å². The molecule has 3 rings (SSSR count). The Morgan fingerprint density at radius 3 is 2.75 bits per heavy atom. The number of benzene rings is 2. The van der Waals surface area contributed by atoms with Gasteiger partial charge in [0.05, 0.1) is 0 Å². The third-order valence-electron chi connectivity index (χ3n) is 3.98. The predicted octanol–water partition coefficient (Wildman–Crippen LogP) is 4.69. The van der Waals surface area contributed by atoms with Crippen molar-refractivity contribution in [3.05, 3.63) is 65.2 Å². The zero-order chi connectivity index (χ0) is 13.8. The van der Waals surface area contributed by atoms with Gasteiger partial charge in [-0.25, -0.2) is 4.39 Å². The largest absolute Gasteiger partial charge is 0.384 e. The molecule has 0 aromatic heterocycles. The molecular weight excluding hydrogens is 249 g/mol. The lowest BCUT2D eigenvalue weighted by atomic mass is 9.99. The molecule has 0 saturated carbocycles. The molecule has 20 heavy (non-hydrogen) atoms. The van der Waals surface area contributed by atoms with Crippen molar-refractivity contribution in [3.8, 4) is 0 Å². The molecule has 2 aromatic rings. The summed E-state index contributed by atoms with van der Waals surface area (Å²) in [5, 5.41) is 3.32. The number of anilines is 1. The Hall–Kier alpha value is -1.83. The van der Waals surface area contributed by atoms with E-state index in [1.54, 1.807) is 0 Å². The highest BCUT2D eigenvalue weighted by molar-refractivity contribution is 5.61. The van der Waals surface area contributed by atoms with Gasteiger partial charge in [0.1, 0.15) is 6.17 Å². The summed E-state index contributed by atoms with van der Waals surface area (Å²) in [6.45, 7) is 0.934. The Morgan fingerprint density at radius 2 is 1.90 bits per heavy atom. The number of fused-ring (bicyclic) bond motifs is 1. The van der Waals surface area contributed by atoms with E-state index < -0.39 is 6.17 Å². The van der Waals surface area contributed by atoms with Crippen molar-refractivity contribution >= 4 is 5.69 Å². The van der Waals surface area contributed by atoms with Crippen LogP contribution in [0, 0.1) is 0 Å². The Balaban J connectivity index is 1.60. The lowest BCUT2D eigenvalue weighted by Gasteiger charge is -2.13. The zero-order valence-corrected chi connectivity index (χ0v) is 11.6. The van der Waals surface area contributed by atoms with E-state index in [2.05, 4.69) is 23.5 Å². The number of para-hydroxylation sites is 1. The number of halogens is 1. The van der Waals surface area contributed by atoms with Crippen LogP contribution in [0.5, 0.6) is 0 Å². The van der Waals surface area contributed by atoms with E-state index in [9.17, 15) is 4.39 Å². The van der Waals surface area contributed by atoms with Crippen LogP contribution in [0.3, 0.4) is 0 Å². The maximum atomic E-state index is 14.5. The van der Waals surface area contributed by atoms with E-state index in [1.165, 1.54) is 11.1 Å². The summed E-state index contributed by atoms with van der Waals surface area (Å²) in [6.07, 6.45) is 2.57. The molecule has 0 aliphatic carbocycles. The summed E-state index contributed by atoms with van der Waals surface area (Å²) < 4.78 is 14.5. The summed E-state index contributed by atoms with van der Waals surface area (Å²) in [5.74, 6) is 0. The third kappa shape index (κ3) is 2.84. The maximum absolute atomic E-state index is 14.5. The molecule has 0 fully saturated rings. The van der Waals surface area contributed by atoms with Gasteiger partial charge >= 0.3 is 0 Å². The van der Waals surface area contributed by atoms with E-state index in [1.807, 2.05) is 30.3 Å². The Morgan fingerprint density at radius 1 is 1.05 bits per heavy atom. The van der Waals surface area contributed by atoms with Crippen molar-refractivity contribution in [1.29, 1.82) is 0 Å². The lowest BCUT2D eigenvalue weighted by molar-refractivity contribution is 0.318. The van der Waals surface area contributed by atoms with Gasteiger partial charge in [-0.3, -0.25) is 0 Å². The smallest absolute Gasteiger partial charge is 0.127 e. The number of rotatable bonds is 5. The summed E-state index contributed by atoms with van der Waals surface area (Å²) in [7, 11) is 0. The van der Waals surface area contributed by atoms with Gasteiger partial charge in [0.2, 0.25) is 0 Å². The van der Waals surface area contributed by atoms with Crippen LogP contribution in [-0.4, -0.2) is 6.54 Å². The quantitative estimate of drug-likeness (QED) is 0.830. The second kappa shape index (κ2) is 6.08. The van der Waals surface area contributed by atoms with Crippen LogP contribution >= 0.6 is 0 Å². The molecule has 1 unspecified atom stereocenters. The van der Waals surface area contributed by atoms with E-state index in [-0.39, 0.29) is 0 Å². The van der Waals surface area contributed by atoms with Gasteiger partial charge in [0.25, 0.3) is 0 Å². The van der Waals surface area contributed by atoms with Crippen LogP contribution < -0.4 is 5.32 Å². The van der Waals surface area contributed by atoms with Gasteiger partial charge in [-0.2, -0.15) is 0 Å². The summed E-state index contributed by atoms with van der Waals surface area (Å²) in [6, 6.07) is 16.3. The van der Waals surface area contributed by atoms with Crippen LogP contribution in [0.15, 0.2) is 48.5 Å². The van der Waals surface area contributed by atoms with Gasteiger partial charge in [0.15, 0.2) is 0 Å². The number of nitrogens with one attached hydrogen (secondary N) is 1. The van der Waals surface area contributed by atoms with Crippen molar-refractivity contribution in [2.24, 2.45) is 0 Å². The average molecular weight is 269 g/mol. The van der Waals surface area contributed by atoms with E-state index >= 15 is 0 Å². The molecule has 0 bridgehead atoms. The number of aryl methyl sites for hydroxylation is 1. The number of hydrogen-bond donors (Lipinski definition) is 1. The Labute approximate surface area is 119 Å². The molecule has 1 heterocycles. The molecule has 1 N–H and O–H groups in total. The van der Waals surface area contributed by atoms with Crippen LogP contribution in [0.2, 0.25) is 0 Å². The van der Waals surface area contributed by atoms with Gasteiger partial charge in [-0.1, -0.05) is 48.5 Å². The van der Waals surface area contributed by atoms with Gasteiger partial charge in [0, 0.05) is 17.8 Å². The zero-order valence-electron chi connectivity index (χ0n) is 11.6. The molecule has 0 amide bonds.